The van der Waals surface area contributed by atoms with Gasteiger partial charge in [-0.2, -0.15) is 0 Å². The van der Waals surface area contributed by atoms with Gasteiger partial charge in [-0.15, -0.1) is 0 Å². The normalized spacial score (nSPS) is 10.8. The summed E-state index contributed by atoms with van der Waals surface area (Å²) in [6, 6.07) is 24.6. The van der Waals surface area contributed by atoms with Crippen molar-refractivity contribution in [1.29, 1.82) is 0 Å². The first-order valence-corrected chi connectivity index (χ1v) is 9.30. The second-order valence-electron chi connectivity index (χ2n) is 7.20. The molecule has 0 unspecified atom stereocenters. The fourth-order valence-corrected chi connectivity index (χ4v) is 3.48. The molecule has 0 aliphatic rings. The van der Waals surface area contributed by atoms with Crippen LogP contribution in [-0.2, 0) is 19.3 Å². The maximum absolute atomic E-state index is 2.30. The quantitative estimate of drug-likeness (QED) is 0.492. The number of aryl methyl sites for hydroxylation is 4. The molecule has 25 heavy (non-hydrogen) atoms. The van der Waals surface area contributed by atoms with Crippen molar-refractivity contribution in [3.8, 4) is 0 Å². The second-order valence-corrected chi connectivity index (χ2v) is 7.20. The average Bonchev–Trinajstić information content (AvgIpc) is 2.61. The number of hydrogen-bond donors (Lipinski definition) is 0. The van der Waals surface area contributed by atoms with Gasteiger partial charge in [0.2, 0.25) is 0 Å². The lowest BCUT2D eigenvalue weighted by molar-refractivity contribution is 0.811. The molecule has 0 atom stereocenters. The summed E-state index contributed by atoms with van der Waals surface area (Å²) in [5.74, 6) is 0. The van der Waals surface area contributed by atoms with Crippen molar-refractivity contribution in [2.24, 2.45) is 0 Å². The Kier molecular flexibility index (Phi) is 5.71. The van der Waals surface area contributed by atoms with Crippen LogP contribution in [0.5, 0.6) is 0 Å². The zero-order valence-electron chi connectivity index (χ0n) is 15.7. The van der Waals surface area contributed by atoms with Crippen LogP contribution in [0.3, 0.4) is 0 Å². The van der Waals surface area contributed by atoms with Gasteiger partial charge in [-0.05, 0) is 79.8 Å². The zero-order chi connectivity index (χ0) is 17.6. The van der Waals surface area contributed by atoms with E-state index >= 15 is 0 Å². The standard InChI is InChI=1S/C25H28/c1-19-10-12-23(13-11-19)18-24-16-14-22(15-17-24)8-5-9-25-20(2)6-4-7-21(25)3/h4,6-7,10-17H,5,8-9,18H2,1-3H3. The molecule has 0 heteroatoms. The molecule has 0 fully saturated rings. The summed E-state index contributed by atoms with van der Waals surface area (Å²) in [7, 11) is 0. The molecule has 0 aliphatic heterocycles. The van der Waals surface area contributed by atoms with Gasteiger partial charge in [0.15, 0.2) is 0 Å². The van der Waals surface area contributed by atoms with Crippen molar-refractivity contribution in [3.05, 3.63) is 106 Å². The highest BCUT2D eigenvalue weighted by molar-refractivity contribution is 5.34. The van der Waals surface area contributed by atoms with Crippen LogP contribution < -0.4 is 0 Å². The smallest absolute Gasteiger partial charge is 0.00258 e. The van der Waals surface area contributed by atoms with Gasteiger partial charge in [-0.3, -0.25) is 0 Å². The van der Waals surface area contributed by atoms with E-state index in [0.29, 0.717) is 0 Å². The first-order chi connectivity index (χ1) is 12.1. The number of benzene rings is 3. The lowest BCUT2D eigenvalue weighted by atomic mass is 9.96. The molecule has 0 nitrogen and oxygen atoms in total. The molecular weight excluding hydrogens is 300 g/mol. The van der Waals surface area contributed by atoms with Crippen LogP contribution in [0.2, 0.25) is 0 Å². The van der Waals surface area contributed by atoms with Gasteiger partial charge in [-0.25, -0.2) is 0 Å². The van der Waals surface area contributed by atoms with Crippen molar-refractivity contribution < 1.29 is 0 Å². The van der Waals surface area contributed by atoms with E-state index in [1.807, 2.05) is 0 Å². The summed E-state index contributed by atoms with van der Waals surface area (Å²) in [4.78, 5) is 0. The van der Waals surface area contributed by atoms with E-state index in [2.05, 4.69) is 87.5 Å². The summed E-state index contributed by atoms with van der Waals surface area (Å²) >= 11 is 0. The van der Waals surface area contributed by atoms with E-state index in [9.17, 15) is 0 Å². The topological polar surface area (TPSA) is 0 Å². The molecule has 3 aromatic carbocycles. The fourth-order valence-electron chi connectivity index (χ4n) is 3.48. The third-order valence-electron chi connectivity index (χ3n) is 5.09. The van der Waals surface area contributed by atoms with Crippen molar-refractivity contribution in [2.45, 2.75) is 46.5 Å². The molecule has 3 rings (SSSR count). The minimum atomic E-state index is 1.02. The van der Waals surface area contributed by atoms with Crippen LogP contribution in [0.4, 0.5) is 0 Å². The maximum Gasteiger partial charge on any atom is -0.00258 e. The molecule has 0 bridgehead atoms. The van der Waals surface area contributed by atoms with E-state index < -0.39 is 0 Å². The van der Waals surface area contributed by atoms with Crippen molar-refractivity contribution in [3.63, 3.8) is 0 Å². The van der Waals surface area contributed by atoms with Crippen LogP contribution in [-0.4, -0.2) is 0 Å². The highest BCUT2D eigenvalue weighted by Crippen LogP contribution is 2.17. The molecule has 0 N–H and O–H groups in total. The van der Waals surface area contributed by atoms with Crippen LogP contribution in [0.25, 0.3) is 0 Å². The summed E-state index contributed by atoms with van der Waals surface area (Å²) < 4.78 is 0. The van der Waals surface area contributed by atoms with E-state index in [0.717, 1.165) is 12.8 Å². The van der Waals surface area contributed by atoms with Crippen LogP contribution in [0.15, 0.2) is 66.7 Å². The van der Waals surface area contributed by atoms with E-state index in [4.69, 9.17) is 0 Å². The SMILES string of the molecule is Cc1ccc(Cc2ccc(CCCc3c(C)cccc3C)cc2)cc1. The minimum Gasteiger partial charge on any atom is -0.0617 e. The molecule has 3 aromatic rings. The van der Waals surface area contributed by atoms with Gasteiger partial charge in [0.05, 0.1) is 0 Å². The maximum atomic E-state index is 2.30. The summed E-state index contributed by atoms with van der Waals surface area (Å²) in [6.45, 7) is 6.58. The second kappa shape index (κ2) is 8.16. The Balaban J connectivity index is 1.55. The van der Waals surface area contributed by atoms with Crippen LogP contribution >= 0.6 is 0 Å². The van der Waals surface area contributed by atoms with E-state index in [1.54, 1.807) is 0 Å². The number of rotatable bonds is 6. The van der Waals surface area contributed by atoms with Gasteiger partial charge in [-0.1, -0.05) is 72.3 Å². The Morgan fingerprint density at radius 2 is 1.08 bits per heavy atom. The summed E-state index contributed by atoms with van der Waals surface area (Å²) in [6.07, 6.45) is 4.55. The lowest BCUT2D eigenvalue weighted by Gasteiger charge is -2.10. The Bertz CT molecular complexity index is 787. The highest BCUT2D eigenvalue weighted by Gasteiger charge is 2.03. The van der Waals surface area contributed by atoms with Crippen LogP contribution in [0.1, 0.15) is 45.4 Å². The van der Waals surface area contributed by atoms with E-state index in [1.165, 1.54) is 51.8 Å². The lowest BCUT2D eigenvalue weighted by Crippen LogP contribution is -1.96. The minimum absolute atomic E-state index is 1.02. The van der Waals surface area contributed by atoms with Gasteiger partial charge >= 0.3 is 0 Å². The summed E-state index contributed by atoms with van der Waals surface area (Å²) in [5, 5.41) is 0. The third kappa shape index (κ3) is 4.82. The fraction of sp³-hybridized carbons (Fsp3) is 0.280. The molecule has 0 spiro atoms. The largest absolute Gasteiger partial charge is 0.0617 e. The molecule has 0 saturated heterocycles. The summed E-state index contributed by atoms with van der Waals surface area (Å²) in [5.41, 5.74) is 9.91. The van der Waals surface area contributed by atoms with E-state index in [-0.39, 0.29) is 0 Å². The Hall–Kier alpha value is -2.34. The first-order valence-electron chi connectivity index (χ1n) is 9.30. The predicted octanol–water partition coefficient (Wildman–Crippen LogP) is 6.38. The predicted molar refractivity (Wildman–Crippen MR) is 108 cm³/mol. The van der Waals surface area contributed by atoms with Gasteiger partial charge < -0.3 is 0 Å². The Morgan fingerprint density at radius 3 is 1.68 bits per heavy atom. The third-order valence-corrected chi connectivity index (χ3v) is 5.09. The molecule has 0 aromatic heterocycles. The first kappa shape index (κ1) is 17.5. The molecule has 0 heterocycles. The molecule has 0 aliphatic carbocycles. The molecule has 0 amide bonds. The monoisotopic (exact) mass is 328 g/mol. The van der Waals surface area contributed by atoms with Crippen molar-refractivity contribution >= 4 is 0 Å². The van der Waals surface area contributed by atoms with Crippen molar-refractivity contribution in [2.75, 3.05) is 0 Å². The zero-order valence-corrected chi connectivity index (χ0v) is 15.7. The van der Waals surface area contributed by atoms with Gasteiger partial charge in [0, 0.05) is 0 Å². The average molecular weight is 328 g/mol. The molecular formula is C25H28. The Labute approximate surface area is 152 Å². The molecule has 128 valence electrons. The van der Waals surface area contributed by atoms with Crippen molar-refractivity contribution in [1.82, 2.24) is 0 Å². The van der Waals surface area contributed by atoms with Crippen LogP contribution in [0, 0.1) is 20.8 Å². The highest BCUT2D eigenvalue weighted by atomic mass is 14.1. The van der Waals surface area contributed by atoms with Gasteiger partial charge in [0.1, 0.15) is 0 Å². The molecule has 0 saturated carbocycles. The molecule has 0 radical (unpaired) electrons. The van der Waals surface area contributed by atoms with Gasteiger partial charge in [0.25, 0.3) is 0 Å². The number of hydrogen-bond acceptors (Lipinski definition) is 0. The Morgan fingerprint density at radius 1 is 0.560 bits per heavy atom.